The van der Waals surface area contributed by atoms with Gasteiger partial charge in [-0.1, -0.05) is 18.2 Å². The van der Waals surface area contributed by atoms with E-state index in [-0.39, 0.29) is 0 Å². The molecule has 0 aromatic heterocycles. The lowest BCUT2D eigenvalue weighted by Gasteiger charge is -2.16. The molecule has 0 aliphatic heterocycles. The van der Waals surface area contributed by atoms with E-state index in [1.54, 1.807) is 12.1 Å². The van der Waals surface area contributed by atoms with Gasteiger partial charge in [0, 0.05) is 14.7 Å². The van der Waals surface area contributed by atoms with E-state index in [0.717, 1.165) is 17.4 Å². The third kappa shape index (κ3) is 4.82. The summed E-state index contributed by atoms with van der Waals surface area (Å²) in [5.41, 5.74) is 2.56. The Balaban J connectivity index is 2.31. The zero-order valence-electron chi connectivity index (χ0n) is 13.0. The first-order valence-corrected chi connectivity index (χ1v) is 8.48. The molecule has 2 aromatic rings. The van der Waals surface area contributed by atoms with Crippen molar-refractivity contribution < 1.29 is 14.3 Å². The molecule has 0 saturated heterocycles. The highest BCUT2D eigenvalue weighted by Gasteiger charge is 2.13. The summed E-state index contributed by atoms with van der Waals surface area (Å²) in [7, 11) is 0. The van der Waals surface area contributed by atoms with Gasteiger partial charge in [0.1, 0.15) is 12.9 Å². The quantitative estimate of drug-likeness (QED) is 0.348. The van der Waals surface area contributed by atoms with Gasteiger partial charge in [-0.3, -0.25) is 4.79 Å². The van der Waals surface area contributed by atoms with E-state index in [4.69, 9.17) is 9.47 Å². The molecular weight excluding hydrogens is 403 g/mol. The molecule has 0 saturated carbocycles. The maximum absolute atomic E-state index is 11.1. The minimum Gasteiger partial charge on any atom is -0.490 e. The summed E-state index contributed by atoms with van der Waals surface area (Å²) in [6, 6.07) is 11.7. The number of benzene rings is 2. The summed E-state index contributed by atoms with van der Waals surface area (Å²) in [5.74, 6) is 1.27. The van der Waals surface area contributed by atoms with Crippen LogP contribution >= 0.6 is 22.6 Å². The van der Waals surface area contributed by atoms with Crippen LogP contribution in [-0.2, 0) is 13.0 Å². The number of rotatable bonds is 8. The molecule has 23 heavy (non-hydrogen) atoms. The molecular formula is C19H19IO3. The van der Waals surface area contributed by atoms with Gasteiger partial charge in [-0.25, -0.2) is 0 Å². The molecule has 0 unspecified atom stereocenters. The van der Waals surface area contributed by atoms with Crippen molar-refractivity contribution in [2.45, 2.75) is 20.0 Å². The van der Waals surface area contributed by atoms with Crippen molar-refractivity contribution in [3.8, 4) is 11.5 Å². The maximum atomic E-state index is 11.1. The number of hydrogen-bond donors (Lipinski definition) is 0. The molecule has 2 aromatic carbocycles. The Hall–Kier alpha value is -1.82. The standard InChI is InChI=1S/C19H19IO3/c1-3-5-16-10-15(12-21)11-18(22-4-2)19(16)23-13-14-6-8-17(20)9-7-14/h3,6-12H,1,4-5,13H2,2H3. The number of carbonyl (C=O) groups is 1. The number of aldehydes is 1. The van der Waals surface area contributed by atoms with E-state index in [1.807, 2.05) is 37.3 Å². The Morgan fingerprint density at radius 1 is 1.17 bits per heavy atom. The van der Waals surface area contributed by atoms with Crippen molar-refractivity contribution in [3.05, 3.63) is 69.3 Å². The molecule has 3 nitrogen and oxygen atoms in total. The van der Waals surface area contributed by atoms with Crippen molar-refractivity contribution in [1.82, 2.24) is 0 Å². The van der Waals surface area contributed by atoms with Crippen molar-refractivity contribution in [2.24, 2.45) is 0 Å². The van der Waals surface area contributed by atoms with E-state index >= 15 is 0 Å². The first-order valence-electron chi connectivity index (χ1n) is 7.41. The van der Waals surface area contributed by atoms with Gasteiger partial charge in [0.05, 0.1) is 6.61 Å². The van der Waals surface area contributed by atoms with Crippen LogP contribution in [0.1, 0.15) is 28.4 Å². The molecule has 120 valence electrons. The second-order valence-electron chi connectivity index (χ2n) is 4.97. The number of allylic oxidation sites excluding steroid dienone is 1. The van der Waals surface area contributed by atoms with Crippen LogP contribution in [0.5, 0.6) is 11.5 Å². The van der Waals surface area contributed by atoms with E-state index in [1.165, 1.54) is 3.57 Å². The highest BCUT2D eigenvalue weighted by Crippen LogP contribution is 2.34. The number of carbonyl (C=O) groups excluding carboxylic acids is 1. The van der Waals surface area contributed by atoms with Crippen molar-refractivity contribution in [2.75, 3.05) is 6.61 Å². The van der Waals surface area contributed by atoms with Crippen LogP contribution in [0.15, 0.2) is 49.1 Å². The zero-order chi connectivity index (χ0) is 16.7. The fourth-order valence-corrected chi connectivity index (χ4v) is 2.58. The van der Waals surface area contributed by atoms with Crippen LogP contribution in [0.25, 0.3) is 0 Å². The third-order valence-corrected chi connectivity index (χ3v) is 3.97. The molecule has 0 atom stereocenters. The van der Waals surface area contributed by atoms with Gasteiger partial charge in [0.15, 0.2) is 11.5 Å². The van der Waals surface area contributed by atoms with Crippen molar-refractivity contribution >= 4 is 28.9 Å². The average Bonchev–Trinajstić information content (AvgIpc) is 2.56. The van der Waals surface area contributed by atoms with Gasteiger partial charge >= 0.3 is 0 Å². The largest absolute Gasteiger partial charge is 0.490 e. The van der Waals surface area contributed by atoms with E-state index in [9.17, 15) is 4.79 Å². The molecule has 0 N–H and O–H groups in total. The fraction of sp³-hybridized carbons (Fsp3) is 0.211. The third-order valence-electron chi connectivity index (χ3n) is 3.25. The van der Waals surface area contributed by atoms with Crippen LogP contribution in [0.3, 0.4) is 0 Å². The van der Waals surface area contributed by atoms with Crippen LogP contribution in [0.4, 0.5) is 0 Å². The lowest BCUT2D eigenvalue weighted by atomic mass is 10.1. The number of ether oxygens (including phenoxy) is 2. The predicted octanol–water partition coefficient (Wildman–Crippen LogP) is 4.81. The summed E-state index contributed by atoms with van der Waals surface area (Å²) in [6.45, 7) is 6.63. The molecule has 2 rings (SSSR count). The molecule has 0 amide bonds. The Morgan fingerprint density at radius 2 is 1.91 bits per heavy atom. The molecule has 0 aliphatic carbocycles. The van der Waals surface area contributed by atoms with Gasteiger partial charge in [0.25, 0.3) is 0 Å². The number of halogens is 1. The van der Waals surface area contributed by atoms with Crippen molar-refractivity contribution in [3.63, 3.8) is 0 Å². The van der Waals surface area contributed by atoms with Gasteiger partial charge in [-0.15, -0.1) is 6.58 Å². The molecule has 4 heteroatoms. The van der Waals surface area contributed by atoms with Gasteiger partial charge in [-0.05, 0) is 65.8 Å². The van der Waals surface area contributed by atoms with Crippen LogP contribution in [-0.4, -0.2) is 12.9 Å². The van der Waals surface area contributed by atoms with Crippen LogP contribution in [0, 0.1) is 3.57 Å². The van der Waals surface area contributed by atoms with Gasteiger partial charge in [-0.2, -0.15) is 0 Å². The predicted molar refractivity (Wildman–Crippen MR) is 100 cm³/mol. The highest BCUT2D eigenvalue weighted by molar-refractivity contribution is 14.1. The average molecular weight is 422 g/mol. The topological polar surface area (TPSA) is 35.5 Å². The normalized spacial score (nSPS) is 10.2. The van der Waals surface area contributed by atoms with E-state index in [2.05, 4.69) is 29.2 Å². The zero-order valence-corrected chi connectivity index (χ0v) is 15.2. The summed E-state index contributed by atoms with van der Waals surface area (Å²) in [6.07, 6.45) is 3.22. The molecule has 0 heterocycles. The minimum atomic E-state index is 0.446. The molecule has 0 aliphatic rings. The SMILES string of the molecule is C=CCc1cc(C=O)cc(OCC)c1OCc1ccc(I)cc1. The van der Waals surface area contributed by atoms with Gasteiger partial charge < -0.3 is 9.47 Å². The second kappa shape index (κ2) is 8.72. The van der Waals surface area contributed by atoms with Gasteiger partial charge in [0.2, 0.25) is 0 Å². The fourth-order valence-electron chi connectivity index (χ4n) is 2.22. The summed E-state index contributed by atoms with van der Waals surface area (Å²) in [5, 5.41) is 0. The highest BCUT2D eigenvalue weighted by atomic mass is 127. The summed E-state index contributed by atoms with van der Waals surface area (Å²) >= 11 is 2.27. The van der Waals surface area contributed by atoms with Crippen molar-refractivity contribution in [1.29, 1.82) is 0 Å². The monoisotopic (exact) mass is 422 g/mol. The first-order chi connectivity index (χ1) is 11.2. The Kier molecular flexibility index (Phi) is 6.65. The Bertz CT molecular complexity index is 678. The minimum absolute atomic E-state index is 0.446. The Morgan fingerprint density at radius 3 is 2.52 bits per heavy atom. The van der Waals surface area contributed by atoms with Crippen LogP contribution in [0.2, 0.25) is 0 Å². The molecule has 0 fully saturated rings. The maximum Gasteiger partial charge on any atom is 0.165 e. The van der Waals surface area contributed by atoms with E-state index in [0.29, 0.717) is 36.7 Å². The first kappa shape index (κ1) is 17.5. The summed E-state index contributed by atoms with van der Waals surface area (Å²) < 4.78 is 12.8. The smallest absolute Gasteiger partial charge is 0.165 e. The van der Waals surface area contributed by atoms with Crippen LogP contribution < -0.4 is 9.47 Å². The number of hydrogen-bond acceptors (Lipinski definition) is 3. The molecule has 0 spiro atoms. The Labute approximate surface area is 150 Å². The lowest BCUT2D eigenvalue weighted by Crippen LogP contribution is -2.04. The second-order valence-corrected chi connectivity index (χ2v) is 6.21. The molecule has 0 bridgehead atoms. The van der Waals surface area contributed by atoms with E-state index < -0.39 is 0 Å². The lowest BCUT2D eigenvalue weighted by molar-refractivity contribution is 0.112. The summed E-state index contributed by atoms with van der Waals surface area (Å²) in [4.78, 5) is 11.1. The molecule has 0 radical (unpaired) electrons.